The number of oxime groups is 1. The first-order valence-electron chi connectivity index (χ1n) is 8.94. The van der Waals surface area contributed by atoms with Gasteiger partial charge in [0.25, 0.3) is 0 Å². The molecule has 0 bridgehead atoms. The topological polar surface area (TPSA) is 130 Å². The number of rotatable bonds is 6. The molecule has 0 atom stereocenters. The molecule has 0 radical (unpaired) electrons. The minimum Gasteiger partial charge on any atom is -0.465 e. The third kappa shape index (κ3) is 5.17. The number of morpholine rings is 1. The van der Waals surface area contributed by atoms with Crippen LogP contribution in [-0.4, -0.2) is 103 Å². The molecular weight excluding hydrogens is 354 g/mol. The summed E-state index contributed by atoms with van der Waals surface area (Å²) in [5.41, 5.74) is 6.56. The number of amides is 1. The Morgan fingerprint density at radius 3 is 2.70 bits per heavy atom. The zero-order chi connectivity index (χ0) is 19.1. The highest BCUT2D eigenvalue weighted by atomic mass is 16.6. The first-order chi connectivity index (χ1) is 13.1. The van der Waals surface area contributed by atoms with Gasteiger partial charge in [-0.05, 0) is 0 Å². The highest BCUT2D eigenvalue weighted by molar-refractivity contribution is 5.91. The molecule has 2 aliphatic heterocycles. The molecule has 1 aromatic rings. The highest BCUT2D eigenvalue weighted by Crippen LogP contribution is 2.21. The molecule has 3 heterocycles. The van der Waals surface area contributed by atoms with E-state index < -0.39 is 6.09 Å². The summed E-state index contributed by atoms with van der Waals surface area (Å²) in [6, 6.07) is 0. The van der Waals surface area contributed by atoms with E-state index in [0.717, 1.165) is 32.8 Å². The van der Waals surface area contributed by atoms with Crippen molar-refractivity contribution in [1.29, 1.82) is 0 Å². The van der Waals surface area contributed by atoms with Gasteiger partial charge in [-0.2, -0.15) is 0 Å². The minimum absolute atomic E-state index is 0.307. The molecule has 2 aliphatic rings. The van der Waals surface area contributed by atoms with Crippen molar-refractivity contribution >= 4 is 23.9 Å². The number of aromatic nitrogens is 2. The van der Waals surface area contributed by atoms with E-state index in [4.69, 9.17) is 20.4 Å². The number of nitrogen functional groups attached to an aromatic ring is 1. The fourth-order valence-electron chi connectivity index (χ4n) is 3.02. The Kier molecular flexibility index (Phi) is 6.60. The van der Waals surface area contributed by atoms with Crippen LogP contribution < -0.4 is 10.6 Å². The molecule has 3 rings (SSSR count). The molecule has 2 saturated heterocycles. The quantitative estimate of drug-likeness (QED) is 0.383. The van der Waals surface area contributed by atoms with Gasteiger partial charge in [-0.15, -0.1) is 0 Å². The Hall–Kier alpha value is -2.66. The van der Waals surface area contributed by atoms with E-state index >= 15 is 0 Å². The summed E-state index contributed by atoms with van der Waals surface area (Å²) < 4.78 is 5.31. The average Bonchev–Trinajstić information content (AvgIpc) is 2.69. The molecule has 148 valence electrons. The Labute approximate surface area is 157 Å². The first-order valence-corrected chi connectivity index (χ1v) is 8.94. The molecule has 0 saturated carbocycles. The van der Waals surface area contributed by atoms with Gasteiger partial charge >= 0.3 is 6.09 Å². The molecule has 1 amide bonds. The zero-order valence-electron chi connectivity index (χ0n) is 15.2. The fourth-order valence-corrected chi connectivity index (χ4v) is 3.02. The van der Waals surface area contributed by atoms with E-state index in [9.17, 15) is 4.79 Å². The monoisotopic (exact) mass is 379 g/mol. The number of nitrogens with zero attached hydrogens (tertiary/aromatic N) is 6. The van der Waals surface area contributed by atoms with E-state index in [0.29, 0.717) is 50.0 Å². The van der Waals surface area contributed by atoms with Crippen LogP contribution in [0.3, 0.4) is 0 Å². The second kappa shape index (κ2) is 9.33. The lowest BCUT2D eigenvalue weighted by Crippen LogP contribution is -2.48. The molecule has 3 N–H and O–H groups in total. The van der Waals surface area contributed by atoms with Gasteiger partial charge in [-0.25, -0.2) is 14.8 Å². The van der Waals surface area contributed by atoms with Crippen molar-refractivity contribution in [3.8, 4) is 0 Å². The van der Waals surface area contributed by atoms with E-state index in [1.807, 2.05) is 4.90 Å². The average molecular weight is 379 g/mol. The van der Waals surface area contributed by atoms with E-state index in [1.54, 1.807) is 0 Å². The third-order valence-corrected chi connectivity index (χ3v) is 4.60. The van der Waals surface area contributed by atoms with Gasteiger partial charge < -0.3 is 30.2 Å². The van der Waals surface area contributed by atoms with Crippen LogP contribution in [-0.2, 0) is 9.57 Å². The van der Waals surface area contributed by atoms with Crippen molar-refractivity contribution in [3.63, 3.8) is 0 Å². The molecule has 11 nitrogen and oxygen atoms in total. The molecule has 0 aromatic carbocycles. The second-order valence-electron chi connectivity index (χ2n) is 6.27. The van der Waals surface area contributed by atoms with Crippen LogP contribution in [0, 0.1) is 0 Å². The summed E-state index contributed by atoms with van der Waals surface area (Å²) in [4.78, 5) is 30.3. The summed E-state index contributed by atoms with van der Waals surface area (Å²) in [6.45, 7) is 6.43. The smallest absolute Gasteiger partial charge is 0.407 e. The molecule has 0 spiro atoms. The number of nitrogens with two attached hydrogens (primary N) is 1. The van der Waals surface area contributed by atoms with Crippen LogP contribution in [0.25, 0.3) is 0 Å². The Morgan fingerprint density at radius 1 is 1.26 bits per heavy atom. The van der Waals surface area contributed by atoms with E-state index in [-0.39, 0.29) is 0 Å². The largest absolute Gasteiger partial charge is 0.465 e. The van der Waals surface area contributed by atoms with Crippen LogP contribution in [0.15, 0.2) is 11.5 Å². The normalized spacial score (nSPS) is 18.8. The fraction of sp³-hybridized carbons (Fsp3) is 0.625. The number of anilines is 2. The maximum atomic E-state index is 11.0. The van der Waals surface area contributed by atoms with Gasteiger partial charge in [0.05, 0.1) is 25.0 Å². The SMILES string of the molecule is Nc1ncnc(N2CCN(C(=O)O)CC2)c1C=NOCCN1CCOCC1. The molecule has 0 unspecified atom stereocenters. The van der Waals surface area contributed by atoms with Gasteiger partial charge in [0.2, 0.25) is 0 Å². The predicted octanol–water partition coefficient (Wildman–Crippen LogP) is -0.458. The molecule has 27 heavy (non-hydrogen) atoms. The molecule has 0 aliphatic carbocycles. The number of ether oxygens (including phenoxy) is 1. The molecule has 2 fully saturated rings. The second-order valence-corrected chi connectivity index (χ2v) is 6.27. The summed E-state index contributed by atoms with van der Waals surface area (Å²) in [5.74, 6) is 0.939. The summed E-state index contributed by atoms with van der Waals surface area (Å²) in [6.07, 6.45) is 2.01. The Bertz CT molecular complexity index is 658. The van der Waals surface area contributed by atoms with Crippen LogP contribution in [0.4, 0.5) is 16.4 Å². The van der Waals surface area contributed by atoms with Crippen molar-refractivity contribution in [3.05, 3.63) is 11.9 Å². The predicted molar refractivity (Wildman–Crippen MR) is 99.1 cm³/mol. The van der Waals surface area contributed by atoms with Crippen molar-refractivity contribution in [1.82, 2.24) is 19.8 Å². The molecule has 11 heteroatoms. The summed E-state index contributed by atoms with van der Waals surface area (Å²) >= 11 is 0. The van der Waals surface area contributed by atoms with E-state index in [1.165, 1.54) is 17.4 Å². The molecular formula is C16H25N7O4. The van der Waals surface area contributed by atoms with Crippen molar-refractivity contribution in [2.45, 2.75) is 0 Å². The van der Waals surface area contributed by atoms with Crippen LogP contribution in [0.5, 0.6) is 0 Å². The number of hydrogen-bond acceptors (Lipinski definition) is 9. The Morgan fingerprint density at radius 2 is 2.00 bits per heavy atom. The maximum absolute atomic E-state index is 11.0. The maximum Gasteiger partial charge on any atom is 0.407 e. The van der Waals surface area contributed by atoms with Crippen molar-refractivity contribution < 1.29 is 19.5 Å². The lowest BCUT2D eigenvalue weighted by Gasteiger charge is -2.34. The summed E-state index contributed by atoms with van der Waals surface area (Å²) in [5, 5.41) is 13.1. The lowest BCUT2D eigenvalue weighted by atomic mass is 10.2. The van der Waals surface area contributed by atoms with Gasteiger partial charge in [0.1, 0.15) is 24.6 Å². The van der Waals surface area contributed by atoms with Gasteiger partial charge in [-0.1, -0.05) is 5.16 Å². The lowest BCUT2D eigenvalue weighted by molar-refractivity contribution is 0.0214. The third-order valence-electron chi connectivity index (χ3n) is 4.60. The van der Waals surface area contributed by atoms with Crippen molar-refractivity contribution in [2.75, 3.05) is 76.3 Å². The van der Waals surface area contributed by atoms with Gasteiger partial charge in [0.15, 0.2) is 0 Å². The van der Waals surface area contributed by atoms with Gasteiger partial charge in [-0.3, -0.25) is 4.90 Å². The zero-order valence-corrected chi connectivity index (χ0v) is 15.2. The van der Waals surface area contributed by atoms with Crippen LogP contribution in [0.1, 0.15) is 5.56 Å². The molecule has 1 aromatic heterocycles. The highest BCUT2D eigenvalue weighted by Gasteiger charge is 2.23. The van der Waals surface area contributed by atoms with Gasteiger partial charge in [0, 0.05) is 45.8 Å². The Balaban J connectivity index is 1.56. The summed E-state index contributed by atoms with van der Waals surface area (Å²) in [7, 11) is 0. The van der Waals surface area contributed by atoms with Crippen molar-refractivity contribution in [2.24, 2.45) is 5.16 Å². The number of carbonyl (C=O) groups is 1. The standard InChI is InChI=1S/C16H25N7O4/c17-14-13(11-20-27-10-7-21-5-8-26-9-6-21)15(19-12-18-14)22-1-3-23(4-2-22)16(24)25/h11-12H,1-10H2,(H,24,25)(H2,17,18,19). The number of carboxylic acid groups (broad SMARTS) is 1. The number of piperazine rings is 1. The number of hydrogen-bond donors (Lipinski definition) is 2. The van der Waals surface area contributed by atoms with Crippen LogP contribution in [0.2, 0.25) is 0 Å². The van der Waals surface area contributed by atoms with Crippen LogP contribution >= 0.6 is 0 Å². The minimum atomic E-state index is -0.910. The van der Waals surface area contributed by atoms with E-state index in [2.05, 4.69) is 20.0 Å². The first kappa shape index (κ1) is 19.1.